The fourth-order valence-corrected chi connectivity index (χ4v) is 4.51. The highest BCUT2D eigenvalue weighted by molar-refractivity contribution is 7.84. The number of carbonyl (C=O) groups excluding carboxylic acids is 1. The number of rotatable bonds is 4. The lowest BCUT2D eigenvalue weighted by molar-refractivity contribution is 0.00791. The van der Waals surface area contributed by atoms with E-state index >= 15 is 0 Å². The normalized spacial score (nSPS) is 24.4. The van der Waals surface area contributed by atoms with E-state index in [0.717, 1.165) is 18.2 Å². The standard InChI is InChI=1S/C18H26N4O2S/c1-11(2)18(8-7-12(18)3)22-14(16(23)21(4)5)9-13-10-19-17(25(6)24)20-15(13)22/h9-12H,7-8H2,1-6H3/t12-,18?,25?/m1/s1. The molecule has 6 nitrogen and oxygen atoms in total. The quantitative estimate of drug-likeness (QED) is 0.784. The molecule has 1 aliphatic carbocycles. The Morgan fingerprint density at radius 2 is 2.12 bits per heavy atom. The summed E-state index contributed by atoms with van der Waals surface area (Å²) in [6, 6.07) is 1.87. The zero-order chi connectivity index (χ0) is 18.5. The van der Waals surface area contributed by atoms with Gasteiger partial charge < -0.3 is 9.47 Å². The number of aromatic nitrogens is 3. The van der Waals surface area contributed by atoms with Gasteiger partial charge in [-0.25, -0.2) is 9.97 Å². The first-order chi connectivity index (χ1) is 11.7. The van der Waals surface area contributed by atoms with E-state index in [2.05, 4.69) is 35.3 Å². The molecule has 0 bridgehead atoms. The summed E-state index contributed by atoms with van der Waals surface area (Å²) < 4.78 is 14.0. The molecule has 136 valence electrons. The van der Waals surface area contributed by atoms with Gasteiger partial charge in [0.1, 0.15) is 11.3 Å². The Bertz CT molecular complexity index is 851. The Labute approximate surface area is 151 Å². The highest BCUT2D eigenvalue weighted by Crippen LogP contribution is 2.52. The molecule has 0 aliphatic heterocycles. The van der Waals surface area contributed by atoms with Gasteiger partial charge in [-0.1, -0.05) is 20.8 Å². The van der Waals surface area contributed by atoms with Crippen LogP contribution in [-0.4, -0.2) is 49.9 Å². The monoisotopic (exact) mass is 362 g/mol. The molecule has 0 saturated heterocycles. The molecule has 1 fully saturated rings. The molecule has 1 saturated carbocycles. The van der Waals surface area contributed by atoms with Crippen molar-refractivity contribution in [2.45, 2.75) is 44.3 Å². The first kappa shape index (κ1) is 18.0. The molecule has 0 spiro atoms. The zero-order valence-corrected chi connectivity index (χ0v) is 16.6. The average molecular weight is 362 g/mol. The van der Waals surface area contributed by atoms with Gasteiger partial charge in [-0.05, 0) is 30.7 Å². The molecular weight excluding hydrogens is 336 g/mol. The Hall–Kier alpha value is -1.76. The van der Waals surface area contributed by atoms with Gasteiger partial charge in [-0.2, -0.15) is 0 Å². The van der Waals surface area contributed by atoms with Crippen LogP contribution < -0.4 is 0 Å². The van der Waals surface area contributed by atoms with Crippen molar-refractivity contribution in [1.82, 2.24) is 19.4 Å². The highest BCUT2D eigenvalue weighted by atomic mass is 32.2. The molecule has 0 N–H and O–H groups in total. The van der Waals surface area contributed by atoms with E-state index in [1.54, 1.807) is 31.4 Å². The van der Waals surface area contributed by atoms with E-state index in [1.165, 1.54) is 0 Å². The molecule has 3 rings (SSSR count). The van der Waals surface area contributed by atoms with Gasteiger partial charge in [0.25, 0.3) is 5.91 Å². The molecule has 2 aromatic heterocycles. The van der Waals surface area contributed by atoms with Crippen molar-refractivity contribution in [2.75, 3.05) is 20.4 Å². The van der Waals surface area contributed by atoms with Gasteiger partial charge in [-0.15, -0.1) is 0 Å². The molecule has 1 aliphatic rings. The van der Waals surface area contributed by atoms with Gasteiger partial charge >= 0.3 is 0 Å². The van der Waals surface area contributed by atoms with Gasteiger partial charge in [0.15, 0.2) is 0 Å². The molecule has 2 unspecified atom stereocenters. The van der Waals surface area contributed by atoms with Crippen molar-refractivity contribution in [3.8, 4) is 0 Å². The van der Waals surface area contributed by atoms with Gasteiger partial charge in [0, 0.05) is 31.9 Å². The molecule has 7 heteroatoms. The number of hydrogen-bond acceptors (Lipinski definition) is 4. The third-order valence-corrected chi connectivity index (χ3v) is 6.36. The third-order valence-electron chi connectivity index (χ3n) is 5.65. The van der Waals surface area contributed by atoms with E-state index in [0.29, 0.717) is 28.3 Å². The first-order valence-electron chi connectivity index (χ1n) is 8.64. The Morgan fingerprint density at radius 1 is 1.44 bits per heavy atom. The number of fused-ring (bicyclic) bond motifs is 1. The predicted molar refractivity (Wildman–Crippen MR) is 99.1 cm³/mol. The Morgan fingerprint density at radius 3 is 2.56 bits per heavy atom. The van der Waals surface area contributed by atoms with Gasteiger partial charge in [0.05, 0.1) is 16.3 Å². The molecule has 25 heavy (non-hydrogen) atoms. The minimum atomic E-state index is -1.26. The Balaban J connectivity index is 2.36. The summed E-state index contributed by atoms with van der Waals surface area (Å²) in [4.78, 5) is 23.2. The second-order valence-electron chi connectivity index (χ2n) is 7.54. The number of hydrogen-bond donors (Lipinski definition) is 0. The zero-order valence-electron chi connectivity index (χ0n) is 15.7. The lowest BCUT2D eigenvalue weighted by Crippen LogP contribution is -2.53. The van der Waals surface area contributed by atoms with E-state index in [1.807, 2.05) is 6.07 Å². The van der Waals surface area contributed by atoms with Crippen LogP contribution >= 0.6 is 0 Å². The maximum Gasteiger partial charge on any atom is 0.270 e. The van der Waals surface area contributed by atoms with Crippen LogP contribution in [0.1, 0.15) is 44.1 Å². The molecule has 1 amide bonds. The van der Waals surface area contributed by atoms with E-state index < -0.39 is 10.8 Å². The van der Waals surface area contributed by atoms with E-state index in [-0.39, 0.29) is 11.4 Å². The number of amides is 1. The second kappa shape index (κ2) is 6.20. The minimum absolute atomic E-state index is 0.0451. The fourth-order valence-electron chi connectivity index (χ4n) is 4.10. The van der Waals surface area contributed by atoms with Crippen LogP contribution in [0.3, 0.4) is 0 Å². The van der Waals surface area contributed by atoms with Crippen LogP contribution in [-0.2, 0) is 16.3 Å². The molecule has 0 aromatic carbocycles. The van der Waals surface area contributed by atoms with E-state index in [9.17, 15) is 9.00 Å². The molecular formula is C18H26N4O2S. The SMILES string of the molecule is CC(C)C1(n2c(C(=O)N(C)C)cc3cnc(S(C)=O)nc32)CC[C@H]1C. The summed E-state index contributed by atoms with van der Waals surface area (Å²) >= 11 is 0. The highest BCUT2D eigenvalue weighted by Gasteiger charge is 2.50. The van der Waals surface area contributed by atoms with Crippen LogP contribution in [0, 0.1) is 11.8 Å². The van der Waals surface area contributed by atoms with Crippen molar-refractivity contribution >= 4 is 27.7 Å². The minimum Gasteiger partial charge on any atom is -0.343 e. The molecule has 0 radical (unpaired) electrons. The van der Waals surface area contributed by atoms with Crippen molar-refractivity contribution in [2.24, 2.45) is 11.8 Å². The fraction of sp³-hybridized carbons (Fsp3) is 0.611. The summed E-state index contributed by atoms with van der Waals surface area (Å²) in [6.45, 7) is 6.64. The van der Waals surface area contributed by atoms with Crippen LogP contribution in [0.2, 0.25) is 0 Å². The number of carbonyl (C=O) groups is 1. The summed E-state index contributed by atoms with van der Waals surface area (Å²) in [7, 11) is 2.25. The topological polar surface area (TPSA) is 68.1 Å². The average Bonchev–Trinajstić information content (AvgIpc) is 2.91. The lowest BCUT2D eigenvalue weighted by atomic mass is 9.61. The van der Waals surface area contributed by atoms with Crippen LogP contribution in [0.5, 0.6) is 0 Å². The second-order valence-corrected chi connectivity index (χ2v) is 8.81. The summed E-state index contributed by atoms with van der Waals surface area (Å²) in [5.41, 5.74) is 1.20. The van der Waals surface area contributed by atoms with Crippen molar-refractivity contribution < 1.29 is 9.00 Å². The van der Waals surface area contributed by atoms with Crippen LogP contribution in [0.25, 0.3) is 11.0 Å². The summed E-state index contributed by atoms with van der Waals surface area (Å²) in [6.07, 6.45) is 5.40. The lowest BCUT2D eigenvalue weighted by Gasteiger charge is -2.53. The maximum absolute atomic E-state index is 12.9. The summed E-state index contributed by atoms with van der Waals surface area (Å²) in [5, 5.41) is 1.13. The maximum atomic E-state index is 12.9. The van der Waals surface area contributed by atoms with Gasteiger partial charge in [0.2, 0.25) is 5.16 Å². The molecule has 2 aromatic rings. The van der Waals surface area contributed by atoms with Gasteiger partial charge in [-0.3, -0.25) is 9.00 Å². The smallest absolute Gasteiger partial charge is 0.270 e. The first-order valence-corrected chi connectivity index (χ1v) is 10.2. The van der Waals surface area contributed by atoms with Crippen molar-refractivity contribution in [3.05, 3.63) is 18.0 Å². The van der Waals surface area contributed by atoms with Crippen LogP contribution in [0.4, 0.5) is 0 Å². The predicted octanol–water partition coefficient (Wildman–Crippen LogP) is 2.65. The molecule has 2 heterocycles. The van der Waals surface area contributed by atoms with Crippen LogP contribution in [0.15, 0.2) is 17.4 Å². The number of nitrogens with zero attached hydrogens (tertiary/aromatic N) is 4. The molecule has 3 atom stereocenters. The van der Waals surface area contributed by atoms with Crippen molar-refractivity contribution in [1.29, 1.82) is 0 Å². The Kier molecular flexibility index (Phi) is 4.47. The van der Waals surface area contributed by atoms with E-state index in [4.69, 9.17) is 0 Å². The third kappa shape index (κ3) is 2.60. The summed E-state index contributed by atoms with van der Waals surface area (Å²) in [5.74, 6) is 0.754. The van der Waals surface area contributed by atoms with Crippen molar-refractivity contribution in [3.63, 3.8) is 0 Å². The largest absolute Gasteiger partial charge is 0.343 e.